The number of aryl methyl sites for hydroxylation is 1. The van der Waals surface area contributed by atoms with Crippen LogP contribution in [0.25, 0.3) is 20.8 Å². The summed E-state index contributed by atoms with van der Waals surface area (Å²) in [6.07, 6.45) is 0. The summed E-state index contributed by atoms with van der Waals surface area (Å²) in [6, 6.07) is 14.5. The minimum Gasteiger partial charge on any atom is -0.496 e. The Labute approximate surface area is 176 Å². The highest BCUT2D eigenvalue weighted by molar-refractivity contribution is 7.21. The largest absolute Gasteiger partial charge is 0.496 e. The van der Waals surface area contributed by atoms with Crippen molar-refractivity contribution in [2.45, 2.75) is 6.92 Å². The van der Waals surface area contributed by atoms with E-state index < -0.39 is 11.9 Å². The highest BCUT2D eigenvalue weighted by Gasteiger charge is 2.29. The van der Waals surface area contributed by atoms with Crippen LogP contribution in [0.4, 0.5) is 5.88 Å². The zero-order chi connectivity index (χ0) is 21.3. The van der Waals surface area contributed by atoms with E-state index in [2.05, 4.69) is 10.3 Å². The summed E-state index contributed by atoms with van der Waals surface area (Å²) in [5, 5.41) is 3.30. The minimum absolute atomic E-state index is 0.128. The lowest BCUT2D eigenvalue weighted by atomic mass is 10.1. The molecular formula is C22H18N2O5S. The Balaban J connectivity index is 1.84. The van der Waals surface area contributed by atoms with E-state index in [-0.39, 0.29) is 11.4 Å². The van der Waals surface area contributed by atoms with Crippen LogP contribution in [0.2, 0.25) is 0 Å². The third-order valence-electron chi connectivity index (χ3n) is 4.56. The van der Waals surface area contributed by atoms with Crippen LogP contribution in [0.1, 0.15) is 26.5 Å². The fraction of sp³-hybridized carbons (Fsp3) is 0.136. The van der Waals surface area contributed by atoms with Gasteiger partial charge in [-0.1, -0.05) is 24.3 Å². The first kappa shape index (κ1) is 19.7. The predicted molar refractivity (Wildman–Crippen MR) is 114 cm³/mol. The molecule has 0 aliphatic heterocycles. The van der Waals surface area contributed by atoms with Gasteiger partial charge in [-0.25, -0.2) is 9.78 Å². The number of amides is 1. The highest BCUT2D eigenvalue weighted by Crippen LogP contribution is 2.41. The highest BCUT2D eigenvalue weighted by atomic mass is 32.1. The standard InChI is InChI=1S/C22H18N2O5S/c1-12-17(22(26)28-3)18(21-23-14-9-5-7-11-16(14)30-21)20(29-12)24-19(25)13-8-4-6-10-15(13)27-2/h4-11H,1-3H3,(H,24,25). The zero-order valence-corrected chi connectivity index (χ0v) is 17.3. The van der Waals surface area contributed by atoms with Crippen molar-refractivity contribution in [3.05, 3.63) is 65.4 Å². The monoisotopic (exact) mass is 422 g/mol. The Hall–Kier alpha value is -3.65. The lowest BCUT2D eigenvalue weighted by Gasteiger charge is -2.08. The van der Waals surface area contributed by atoms with Crippen molar-refractivity contribution in [3.8, 4) is 16.3 Å². The summed E-state index contributed by atoms with van der Waals surface area (Å²) >= 11 is 1.40. The lowest BCUT2D eigenvalue weighted by Crippen LogP contribution is -2.13. The van der Waals surface area contributed by atoms with Crippen LogP contribution in [0.5, 0.6) is 5.75 Å². The maximum absolute atomic E-state index is 12.9. The van der Waals surface area contributed by atoms with Gasteiger partial charge in [0.15, 0.2) is 0 Å². The van der Waals surface area contributed by atoms with Crippen molar-refractivity contribution >= 4 is 39.3 Å². The lowest BCUT2D eigenvalue weighted by molar-refractivity contribution is 0.0599. The third-order valence-corrected chi connectivity index (χ3v) is 5.61. The number of fused-ring (bicyclic) bond motifs is 1. The van der Waals surface area contributed by atoms with Gasteiger partial charge in [0.1, 0.15) is 22.1 Å². The fourth-order valence-electron chi connectivity index (χ4n) is 3.17. The van der Waals surface area contributed by atoms with Crippen LogP contribution in [0.15, 0.2) is 52.9 Å². The molecule has 8 heteroatoms. The molecule has 1 amide bonds. The second-order valence-electron chi connectivity index (χ2n) is 6.37. The Bertz CT molecular complexity index is 1220. The fourth-order valence-corrected chi connectivity index (χ4v) is 4.18. The van der Waals surface area contributed by atoms with E-state index in [9.17, 15) is 9.59 Å². The van der Waals surface area contributed by atoms with Crippen molar-refractivity contribution in [2.24, 2.45) is 0 Å². The summed E-state index contributed by atoms with van der Waals surface area (Å²) in [7, 11) is 2.79. The molecule has 30 heavy (non-hydrogen) atoms. The number of carbonyl (C=O) groups excluding carboxylic acids is 2. The topological polar surface area (TPSA) is 90.7 Å². The number of benzene rings is 2. The van der Waals surface area contributed by atoms with Gasteiger partial charge < -0.3 is 13.9 Å². The van der Waals surface area contributed by atoms with E-state index in [1.54, 1.807) is 31.2 Å². The number of nitrogens with one attached hydrogen (secondary N) is 1. The van der Waals surface area contributed by atoms with Crippen LogP contribution in [0.3, 0.4) is 0 Å². The molecule has 0 bridgehead atoms. The van der Waals surface area contributed by atoms with Gasteiger partial charge in [0.25, 0.3) is 5.91 Å². The SMILES string of the molecule is COC(=O)c1c(C)oc(NC(=O)c2ccccc2OC)c1-c1nc2ccccc2s1. The number of hydrogen-bond donors (Lipinski definition) is 1. The number of para-hydroxylation sites is 2. The van der Waals surface area contributed by atoms with E-state index in [1.165, 1.54) is 25.6 Å². The maximum Gasteiger partial charge on any atom is 0.342 e. The molecule has 2 aromatic heterocycles. The van der Waals surface area contributed by atoms with Gasteiger partial charge in [0.2, 0.25) is 5.88 Å². The number of anilines is 1. The number of aromatic nitrogens is 1. The van der Waals surface area contributed by atoms with Crippen LogP contribution in [-0.2, 0) is 4.74 Å². The maximum atomic E-state index is 12.9. The van der Waals surface area contributed by atoms with Gasteiger partial charge in [-0.2, -0.15) is 0 Å². The molecule has 0 aliphatic rings. The molecule has 4 aromatic rings. The second kappa shape index (κ2) is 8.00. The zero-order valence-electron chi connectivity index (χ0n) is 16.5. The molecular weight excluding hydrogens is 404 g/mol. The van der Waals surface area contributed by atoms with Gasteiger partial charge in [-0.15, -0.1) is 11.3 Å². The Morgan fingerprint density at radius 3 is 2.53 bits per heavy atom. The number of furan rings is 1. The van der Waals surface area contributed by atoms with E-state index in [0.29, 0.717) is 27.6 Å². The summed E-state index contributed by atoms with van der Waals surface area (Å²) in [4.78, 5) is 30.0. The number of nitrogens with zero attached hydrogens (tertiary/aromatic N) is 1. The Kier molecular flexibility index (Phi) is 5.24. The number of methoxy groups -OCH3 is 2. The molecule has 7 nitrogen and oxygen atoms in total. The molecule has 0 saturated heterocycles. The second-order valence-corrected chi connectivity index (χ2v) is 7.40. The van der Waals surface area contributed by atoms with E-state index in [0.717, 1.165) is 10.2 Å². The average Bonchev–Trinajstić information content (AvgIpc) is 3.33. The van der Waals surface area contributed by atoms with Crippen LogP contribution in [0, 0.1) is 6.92 Å². The van der Waals surface area contributed by atoms with Gasteiger partial charge >= 0.3 is 5.97 Å². The van der Waals surface area contributed by atoms with Crippen molar-refractivity contribution < 1.29 is 23.5 Å². The number of carbonyl (C=O) groups is 2. The summed E-state index contributed by atoms with van der Waals surface area (Å²) < 4.78 is 16.9. The first-order valence-electron chi connectivity index (χ1n) is 9.05. The number of esters is 1. The predicted octanol–water partition coefficient (Wildman–Crippen LogP) is 4.91. The first-order chi connectivity index (χ1) is 14.5. The third kappa shape index (κ3) is 3.42. The molecule has 0 fully saturated rings. The molecule has 0 saturated carbocycles. The van der Waals surface area contributed by atoms with Crippen molar-refractivity contribution in [2.75, 3.05) is 19.5 Å². The Morgan fingerprint density at radius 2 is 1.80 bits per heavy atom. The molecule has 0 spiro atoms. The van der Waals surface area contributed by atoms with Gasteiger partial charge in [-0.3, -0.25) is 10.1 Å². The van der Waals surface area contributed by atoms with Gasteiger partial charge in [0.05, 0.1) is 35.6 Å². The molecule has 0 aliphatic carbocycles. The summed E-state index contributed by atoms with van der Waals surface area (Å²) in [5.41, 5.74) is 1.74. The van der Waals surface area contributed by atoms with Crippen LogP contribution in [-0.4, -0.2) is 31.1 Å². The minimum atomic E-state index is -0.566. The van der Waals surface area contributed by atoms with Gasteiger partial charge in [-0.05, 0) is 31.2 Å². The average molecular weight is 422 g/mol. The smallest absolute Gasteiger partial charge is 0.342 e. The Morgan fingerprint density at radius 1 is 1.07 bits per heavy atom. The molecule has 152 valence electrons. The summed E-state index contributed by atoms with van der Waals surface area (Å²) in [5.74, 6) is -0.120. The van der Waals surface area contributed by atoms with Crippen molar-refractivity contribution in [3.63, 3.8) is 0 Å². The normalized spacial score (nSPS) is 10.8. The van der Waals surface area contributed by atoms with Crippen molar-refractivity contribution in [1.82, 2.24) is 4.98 Å². The van der Waals surface area contributed by atoms with Crippen LogP contribution >= 0.6 is 11.3 Å². The number of rotatable bonds is 5. The molecule has 1 N–H and O–H groups in total. The summed E-state index contributed by atoms with van der Waals surface area (Å²) in [6.45, 7) is 1.64. The first-order valence-corrected chi connectivity index (χ1v) is 9.87. The molecule has 0 radical (unpaired) electrons. The molecule has 0 unspecified atom stereocenters. The molecule has 2 aromatic carbocycles. The van der Waals surface area contributed by atoms with Gasteiger partial charge in [0, 0.05) is 0 Å². The molecule has 2 heterocycles. The van der Waals surface area contributed by atoms with E-state index in [1.807, 2.05) is 24.3 Å². The van der Waals surface area contributed by atoms with Crippen molar-refractivity contribution in [1.29, 1.82) is 0 Å². The number of ether oxygens (including phenoxy) is 2. The van der Waals surface area contributed by atoms with E-state index in [4.69, 9.17) is 13.9 Å². The molecule has 4 rings (SSSR count). The quantitative estimate of drug-likeness (QED) is 0.460. The van der Waals surface area contributed by atoms with E-state index >= 15 is 0 Å². The number of thiazole rings is 1. The number of hydrogen-bond acceptors (Lipinski definition) is 7. The molecule has 0 atom stereocenters. The van der Waals surface area contributed by atoms with Crippen LogP contribution < -0.4 is 10.1 Å².